The second-order valence-electron chi connectivity index (χ2n) is 7.46. The van der Waals surface area contributed by atoms with Crippen molar-refractivity contribution in [2.75, 3.05) is 5.06 Å². The van der Waals surface area contributed by atoms with Gasteiger partial charge in [-0.15, -0.1) is 0 Å². The van der Waals surface area contributed by atoms with E-state index in [1.807, 2.05) is 72.8 Å². The van der Waals surface area contributed by atoms with E-state index < -0.39 is 18.1 Å². The van der Waals surface area contributed by atoms with Gasteiger partial charge in [-0.05, 0) is 35.4 Å². The van der Waals surface area contributed by atoms with Crippen LogP contribution in [0.3, 0.4) is 0 Å². The van der Waals surface area contributed by atoms with Gasteiger partial charge in [-0.2, -0.15) is 0 Å². The van der Waals surface area contributed by atoms with Gasteiger partial charge in [0.15, 0.2) is 6.10 Å². The molecule has 2 saturated heterocycles. The number of carbonyl (C=O) groups excluding carboxylic acids is 2. The van der Waals surface area contributed by atoms with Crippen LogP contribution >= 0.6 is 11.6 Å². The number of fused-ring (bicyclic) bond motifs is 1. The third kappa shape index (κ3) is 3.16. The van der Waals surface area contributed by atoms with Crippen LogP contribution in [0.4, 0.5) is 5.69 Å². The Balaban J connectivity index is 1.52. The lowest BCUT2D eigenvalue weighted by Gasteiger charge is -2.28. The van der Waals surface area contributed by atoms with Gasteiger partial charge in [0.2, 0.25) is 5.91 Å². The SMILES string of the molecule is O=C1[C@@H]2[C@H](ON(c3ccccc3)[C@@H]2c2ccc(Cl)cc2)C(=O)N1Cc1ccccc1. The minimum Gasteiger partial charge on any atom is -0.275 e. The summed E-state index contributed by atoms with van der Waals surface area (Å²) in [7, 11) is 0. The Hall–Kier alpha value is -3.15. The normalized spacial score (nSPS) is 23.2. The van der Waals surface area contributed by atoms with E-state index >= 15 is 0 Å². The van der Waals surface area contributed by atoms with Crippen LogP contribution in [0, 0.1) is 5.92 Å². The molecule has 0 radical (unpaired) electrons. The molecule has 0 spiro atoms. The van der Waals surface area contributed by atoms with E-state index in [0.717, 1.165) is 16.8 Å². The summed E-state index contributed by atoms with van der Waals surface area (Å²) in [5.74, 6) is -1.14. The van der Waals surface area contributed by atoms with Gasteiger partial charge in [0, 0.05) is 5.02 Å². The van der Waals surface area contributed by atoms with Crippen LogP contribution < -0.4 is 5.06 Å². The summed E-state index contributed by atoms with van der Waals surface area (Å²) in [5, 5.41) is 2.30. The topological polar surface area (TPSA) is 49.9 Å². The van der Waals surface area contributed by atoms with Crippen molar-refractivity contribution in [2.24, 2.45) is 5.92 Å². The lowest BCUT2D eigenvalue weighted by Crippen LogP contribution is -2.36. The first-order valence-corrected chi connectivity index (χ1v) is 10.2. The number of nitrogens with zero attached hydrogens (tertiary/aromatic N) is 2. The number of amides is 2. The van der Waals surface area contributed by atoms with Gasteiger partial charge in [-0.25, -0.2) is 5.06 Å². The molecule has 30 heavy (non-hydrogen) atoms. The number of hydrogen-bond acceptors (Lipinski definition) is 4. The molecular formula is C24H19ClN2O3. The van der Waals surface area contributed by atoms with Crippen LogP contribution in [-0.4, -0.2) is 22.8 Å². The van der Waals surface area contributed by atoms with E-state index in [0.29, 0.717) is 5.02 Å². The largest absolute Gasteiger partial charge is 0.275 e. The standard InChI is InChI=1S/C24H19ClN2O3/c25-18-13-11-17(12-14-18)21-20-22(30-27(21)19-9-5-2-6-10-19)24(29)26(23(20)28)15-16-7-3-1-4-8-16/h1-14,20-22H,15H2/t20-,21+,22-/m0/s1. The summed E-state index contributed by atoms with van der Waals surface area (Å²) in [4.78, 5) is 34.0. The molecule has 3 atom stereocenters. The lowest BCUT2D eigenvalue weighted by molar-refractivity contribution is -0.143. The molecule has 3 aromatic rings. The number of carbonyl (C=O) groups is 2. The molecule has 2 aliphatic rings. The molecule has 5 rings (SSSR count). The molecule has 0 saturated carbocycles. The van der Waals surface area contributed by atoms with E-state index in [9.17, 15) is 9.59 Å². The number of anilines is 1. The number of benzene rings is 3. The highest BCUT2D eigenvalue weighted by atomic mass is 35.5. The monoisotopic (exact) mass is 418 g/mol. The van der Waals surface area contributed by atoms with Gasteiger partial charge >= 0.3 is 0 Å². The van der Waals surface area contributed by atoms with Crippen molar-refractivity contribution in [3.8, 4) is 0 Å². The summed E-state index contributed by atoms with van der Waals surface area (Å²) in [6.45, 7) is 0.244. The molecule has 2 heterocycles. The Labute approximate surface area is 179 Å². The number of hydrogen-bond donors (Lipinski definition) is 0. The minimum absolute atomic E-state index is 0.216. The molecular weight excluding hydrogens is 400 g/mol. The third-order valence-corrected chi connectivity index (χ3v) is 5.86. The zero-order valence-electron chi connectivity index (χ0n) is 16.0. The molecule has 2 amide bonds. The van der Waals surface area contributed by atoms with E-state index in [-0.39, 0.29) is 18.4 Å². The van der Waals surface area contributed by atoms with Crippen LogP contribution in [-0.2, 0) is 21.0 Å². The van der Waals surface area contributed by atoms with Gasteiger partial charge in [-0.3, -0.25) is 19.3 Å². The Bertz CT molecular complexity index is 1070. The summed E-state index contributed by atoms with van der Waals surface area (Å²) < 4.78 is 0. The fraction of sp³-hybridized carbons (Fsp3) is 0.167. The molecule has 3 aromatic carbocycles. The quantitative estimate of drug-likeness (QED) is 0.590. The van der Waals surface area contributed by atoms with E-state index in [4.69, 9.17) is 16.4 Å². The summed E-state index contributed by atoms with van der Waals surface area (Å²) in [5.41, 5.74) is 2.57. The highest BCUT2D eigenvalue weighted by Gasteiger charge is 2.59. The molecule has 2 aliphatic heterocycles. The average molecular weight is 419 g/mol. The number of hydroxylamine groups is 1. The maximum Gasteiger partial charge on any atom is 0.262 e. The van der Waals surface area contributed by atoms with E-state index in [1.54, 1.807) is 17.2 Å². The van der Waals surface area contributed by atoms with Gasteiger partial charge in [0.05, 0.1) is 18.3 Å². The Morgan fingerprint density at radius 1 is 0.800 bits per heavy atom. The molecule has 5 nitrogen and oxygen atoms in total. The third-order valence-electron chi connectivity index (χ3n) is 5.61. The van der Waals surface area contributed by atoms with Crippen LogP contribution in [0.5, 0.6) is 0 Å². The van der Waals surface area contributed by atoms with Crippen molar-refractivity contribution in [3.05, 3.63) is 101 Å². The Morgan fingerprint density at radius 2 is 1.43 bits per heavy atom. The fourth-order valence-electron chi connectivity index (χ4n) is 4.19. The molecule has 0 aliphatic carbocycles. The van der Waals surface area contributed by atoms with Crippen molar-refractivity contribution < 1.29 is 14.4 Å². The first-order chi connectivity index (χ1) is 14.6. The van der Waals surface area contributed by atoms with Crippen molar-refractivity contribution in [3.63, 3.8) is 0 Å². The zero-order chi connectivity index (χ0) is 20.7. The molecule has 2 fully saturated rings. The van der Waals surface area contributed by atoms with Gasteiger partial charge in [-0.1, -0.05) is 72.3 Å². The number of likely N-dealkylation sites (tertiary alicyclic amines) is 1. The van der Waals surface area contributed by atoms with Crippen LogP contribution in [0.1, 0.15) is 17.2 Å². The van der Waals surface area contributed by atoms with Crippen molar-refractivity contribution >= 4 is 29.1 Å². The lowest BCUT2D eigenvalue weighted by atomic mass is 9.90. The molecule has 150 valence electrons. The van der Waals surface area contributed by atoms with Gasteiger partial charge < -0.3 is 0 Å². The summed E-state index contributed by atoms with van der Waals surface area (Å²) in [6.07, 6.45) is -0.845. The summed E-state index contributed by atoms with van der Waals surface area (Å²) >= 11 is 6.07. The van der Waals surface area contributed by atoms with Crippen molar-refractivity contribution in [1.82, 2.24) is 4.90 Å². The first-order valence-electron chi connectivity index (χ1n) is 9.79. The highest BCUT2D eigenvalue weighted by Crippen LogP contribution is 2.47. The molecule has 0 bridgehead atoms. The van der Waals surface area contributed by atoms with Crippen LogP contribution in [0.25, 0.3) is 0 Å². The number of imide groups is 1. The van der Waals surface area contributed by atoms with Crippen molar-refractivity contribution in [1.29, 1.82) is 0 Å². The number of rotatable bonds is 4. The van der Waals surface area contributed by atoms with E-state index in [1.165, 1.54) is 4.90 Å². The summed E-state index contributed by atoms with van der Waals surface area (Å²) in [6, 6.07) is 25.9. The van der Waals surface area contributed by atoms with E-state index in [2.05, 4.69) is 0 Å². The van der Waals surface area contributed by atoms with Gasteiger partial charge in [0.25, 0.3) is 5.91 Å². The average Bonchev–Trinajstić information content (AvgIpc) is 3.28. The molecule has 6 heteroatoms. The second-order valence-corrected chi connectivity index (χ2v) is 7.89. The highest BCUT2D eigenvalue weighted by molar-refractivity contribution is 6.30. The maximum atomic E-state index is 13.4. The van der Waals surface area contributed by atoms with Crippen LogP contribution in [0.2, 0.25) is 5.02 Å². The van der Waals surface area contributed by atoms with Gasteiger partial charge in [0.1, 0.15) is 5.92 Å². The molecule has 0 unspecified atom stereocenters. The number of halogens is 1. The minimum atomic E-state index is -0.845. The number of para-hydroxylation sites is 1. The maximum absolute atomic E-state index is 13.4. The Morgan fingerprint density at radius 3 is 2.10 bits per heavy atom. The Kier molecular flexibility index (Phi) is 4.77. The van der Waals surface area contributed by atoms with Crippen molar-refractivity contribution in [2.45, 2.75) is 18.7 Å². The molecule has 0 N–H and O–H groups in total. The predicted molar refractivity (Wildman–Crippen MR) is 113 cm³/mol. The van der Waals surface area contributed by atoms with Crippen LogP contribution in [0.15, 0.2) is 84.9 Å². The smallest absolute Gasteiger partial charge is 0.262 e. The fourth-order valence-corrected chi connectivity index (χ4v) is 4.32. The predicted octanol–water partition coefficient (Wildman–Crippen LogP) is 4.39. The zero-order valence-corrected chi connectivity index (χ0v) is 16.8. The second kappa shape index (κ2) is 7.59. The first kappa shape index (κ1) is 18.9. The molecule has 0 aromatic heterocycles.